The predicted octanol–water partition coefficient (Wildman–Crippen LogP) is 5.99. The lowest BCUT2D eigenvalue weighted by molar-refractivity contribution is -0.113. The van der Waals surface area contributed by atoms with Crippen LogP contribution in [0.4, 0.5) is 11.4 Å². The van der Waals surface area contributed by atoms with Crippen molar-refractivity contribution in [2.24, 2.45) is 0 Å². The predicted molar refractivity (Wildman–Crippen MR) is 123 cm³/mol. The Kier molecular flexibility index (Phi) is 7.63. The minimum atomic E-state index is -0.230. The van der Waals surface area contributed by atoms with Crippen molar-refractivity contribution in [2.75, 3.05) is 23.5 Å². The van der Waals surface area contributed by atoms with Gasteiger partial charge in [-0.1, -0.05) is 29.3 Å². The molecule has 0 aliphatic heterocycles. The Labute approximate surface area is 188 Å². The van der Waals surface area contributed by atoms with Crippen molar-refractivity contribution in [3.8, 4) is 5.75 Å². The summed E-state index contributed by atoms with van der Waals surface area (Å²) in [4.78, 5) is 25.4. The minimum absolute atomic E-state index is 0.195. The molecule has 0 saturated carbocycles. The Bertz CT molecular complexity index is 1060. The van der Waals surface area contributed by atoms with E-state index >= 15 is 0 Å². The van der Waals surface area contributed by atoms with Crippen LogP contribution >= 0.6 is 35.0 Å². The second-order valence-corrected chi connectivity index (χ2v) is 8.06. The van der Waals surface area contributed by atoms with E-state index in [4.69, 9.17) is 27.9 Å². The van der Waals surface area contributed by atoms with Gasteiger partial charge in [-0.2, -0.15) is 0 Å². The van der Waals surface area contributed by atoms with E-state index in [1.54, 1.807) is 61.7 Å². The van der Waals surface area contributed by atoms with Gasteiger partial charge in [0.25, 0.3) is 5.91 Å². The zero-order chi connectivity index (χ0) is 21.5. The third-order valence-electron chi connectivity index (χ3n) is 4.02. The molecule has 30 heavy (non-hydrogen) atoms. The lowest BCUT2D eigenvalue weighted by atomic mass is 10.2. The maximum atomic E-state index is 12.4. The van der Waals surface area contributed by atoms with Crippen LogP contribution in [-0.4, -0.2) is 24.7 Å². The van der Waals surface area contributed by atoms with Crippen LogP contribution in [0.2, 0.25) is 10.0 Å². The van der Waals surface area contributed by atoms with E-state index in [1.807, 2.05) is 12.1 Å². The molecule has 2 N–H and O–H groups in total. The fourth-order valence-electron chi connectivity index (χ4n) is 2.53. The monoisotopic (exact) mass is 460 g/mol. The molecule has 0 unspecified atom stereocenters. The molecule has 5 nitrogen and oxygen atoms in total. The number of halogens is 2. The minimum Gasteiger partial charge on any atom is -0.497 e. The standard InChI is InChI=1S/C22H18Cl2N2O3S/c1-29-17-4-2-3-14(11-17)22(28)25-16-6-8-18(9-7-16)30-13-21(27)26-20-12-15(23)5-10-19(20)24/h2-12H,13H2,1H3,(H,25,28)(H,26,27). The Balaban J connectivity index is 1.53. The van der Waals surface area contributed by atoms with E-state index < -0.39 is 0 Å². The molecular formula is C22H18Cl2N2O3S. The topological polar surface area (TPSA) is 67.4 Å². The molecule has 3 aromatic rings. The average Bonchev–Trinajstić information content (AvgIpc) is 2.76. The largest absolute Gasteiger partial charge is 0.497 e. The lowest BCUT2D eigenvalue weighted by Crippen LogP contribution is -2.14. The highest BCUT2D eigenvalue weighted by molar-refractivity contribution is 8.00. The van der Waals surface area contributed by atoms with Gasteiger partial charge in [0.05, 0.1) is 23.6 Å². The number of ether oxygens (including phenoxy) is 1. The van der Waals surface area contributed by atoms with Crippen LogP contribution in [-0.2, 0) is 4.79 Å². The summed E-state index contributed by atoms with van der Waals surface area (Å²) in [7, 11) is 1.55. The van der Waals surface area contributed by atoms with Gasteiger partial charge in [-0.25, -0.2) is 0 Å². The Hall–Kier alpha value is -2.67. The number of thioether (sulfide) groups is 1. The van der Waals surface area contributed by atoms with Gasteiger partial charge in [0.15, 0.2) is 0 Å². The summed E-state index contributed by atoms with van der Waals surface area (Å²) in [6.07, 6.45) is 0. The zero-order valence-electron chi connectivity index (χ0n) is 15.9. The van der Waals surface area contributed by atoms with Gasteiger partial charge >= 0.3 is 0 Å². The number of nitrogens with one attached hydrogen (secondary N) is 2. The number of rotatable bonds is 7. The molecule has 0 fully saturated rings. The molecule has 0 heterocycles. The second kappa shape index (κ2) is 10.4. The summed E-state index contributed by atoms with van der Waals surface area (Å²) in [5.74, 6) is 0.400. The first-order valence-electron chi connectivity index (χ1n) is 8.88. The fourth-order valence-corrected chi connectivity index (χ4v) is 3.57. The van der Waals surface area contributed by atoms with Crippen molar-refractivity contribution in [2.45, 2.75) is 4.90 Å². The Morgan fingerprint density at radius 2 is 1.73 bits per heavy atom. The summed E-state index contributed by atoms with van der Waals surface area (Å²) >= 11 is 13.4. The van der Waals surface area contributed by atoms with Gasteiger partial charge in [0.1, 0.15) is 5.75 Å². The van der Waals surface area contributed by atoms with Crippen molar-refractivity contribution in [1.29, 1.82) is 0 Å². The molecule has 0 aromatic heterocycles. The van der Waals surface area contributed by atoms with Crippen molar-refractivity contribution < 1.29 is 14.3 Å². The Morgan fingerprint density at radius 1 is 0.967 bits per heavy atom. The first kappa shape index (κ1) is 22.0. The van der Waals surface area contributed by atoms with E-state index in [2.05, 4.69) is 10.6 Å². The summed E-state index contributed by atoms with van der Waals surface area (Å²) in [6, 6.07) is 19.1. The molecule has 0 atom stereocenters. The van der Waals surface area contributed by atoms with Crippen LogP contribution in [0.1, 0.15) is 10.4 Å². The molecule has 2 amide bonds. The molecule has 0 bridgehead atoms. The molecule has 0 saturated heterocycles. The van der Waals surface area contributed by atoms with Crippen molar-refractivity contribution >= 4 is 58.2 Å². The van der Waals surface area contributed by atoms with Crippen LogP contribution in [0.15, 0.2) is 71.6 Å². The fraction of sp³-hybridized carbons (Fsp3) is 0.0909. The van der Waals surface area contributed by atoms with Gasteiger partial charge in [-0.05, 0) is 60.7 Å². The average molecular weight is 461 g/mol. The van der Waals surface area contributed by atoms with Gasteiger partial charge in [-0.3, -0.25) is 9.59 Å². The Morgan fingerprint density at radius 3 is 2.47 bits per heavy atom. The normalized spacial score (nSPS) is 10.4. The quantitative estimate of drug-likeness (QED) is 0.425. The van der Waals surface area contributed by atoms with Gasteiger partial charge in [-0.15, -0.1) is 11.8 Å². The SMILES string of the molecule is COc1cccc(C(=O)Nc2ccc(SCC(=O)Nc3cc(Cl)ccc3Cl)cc2)c1. The van der Waals surface area contributed by atoms with Crippen LogP contribution in [0.25, 0.3) is 0 Å². The number of methoxy groups -OCH3 is 1. The van der Waals surface area contributed by atoms with E-state index in [1.165, 1.54) is 11.8 Å². The molecule has 154 valence electrons. The summed E-state index contributed by atoms with van der Waals surface area (Å²) < 4.78 is 5.14. The number of amides is 2. The molecule has 3 rings (SSSR count). The highest BCUT2D eigenvalue weighted by Crippen LogP contribution is 2.26. The number of hydrogen-bond donors (Lipinski definition) is 2. The molecule has 3 aromatic carbocycles. The molecule has 8 heteroatoms. The molecule has 0 aliphatic rings. The van der Waals surface area contributed by atoms with Crippen LogP contribution in [0.3, 0.4) is 0 Å². The molecular weight excluding hydrogens is 443 g/mol. The smallest absolute Gasteiger partial charge is 0.255 e. The van der Waals surface area contributed by atoms with Crippen molar-refractivity contribution in [1.82, 2.24) is 0 Å². The zero-order valence-corrected chi connectivity index (χ0v) is 18.3. The van der Waals surface area contributed by atoms with Gasteiger partial charge in [0.2, 0.25) is 5.91 Å². The molecule has 0 aliphatic carbocycles. The highest BCUT2D eigenvalue weighted by atomic mass is 35.5. The molecule has 0 radical (unpaired) electrons. The molecule has 0 spiro atoms. The first-order valence-corrected chi connectivity index (χ1v) is 10.6. The van der Waals surface area contributed by atoms with E-state index in [0.29, 0.717) is 32.7 Å². The van der Waals surface area contributed by atoms with Crippen molar-refractivity contribution in [3.05, 3.63) is 82.3 Å². The van der Waals surface area contributed by atoms with Gasteiger partial charge < -0.3 is 15.4 Å². The van der Waals surface area contributed by atoms with Crippen LogP contribution in [0, 0.1) is 0 Å². The third kappa shape index (κ3) is 6.16. The summed E-state index contributed by atoms with van der Waals surface area (Å²) in [5.41, 5.74) is 1.64. The number of carbonyl (C=O) groups is 2. The van der Waals surface area contributed by atoms with Crippen LogP contribution < -0.4 is 15.4 Å². The number of benzene rings is 3. The maximum absolute atomic E-state index is 12.4. The summed E-state index contributed by atoms with van der Waals surface area (Å²) in [5, 5.41) is 6.50. The van der Waals surface area contributed by atoms with Gasteiger partial charge in [0, 0.05) is 21.2 Å². The third-order valence-corrected chi connectivity index (χ3v) is 5.59. The number of carbonyl (C=O) groups excluding carboxylic acids is 2. The number of hydrogen-bond acceptors (Lipinski definition) is 4. The van der Waals surface area contributed by atoms with E-state index in [-0.39, 0.29) is 17.6 Å². The van der Waals surface area contributed by atoms with E-state index in [9.17, 15) is 9.59 Å². The van der Waals surface area contributed by atoms with Crippen molar-refractivity contribution in [3.63, 3.8) is 0 Å². The highest BCUT2D eigenvalue weighted by Gasteiger charge is 2.09. The number of anilines is 2. The second-order valence-electron chi connectivity index (χ2n) is 6.17. The summed E-state index contributed by atoms with van der Waals surface area (Å²) in [6.45, 7) is 0. The van der Waals surface area contributed by atoms with Crippen LogP contribution in [0.5, 0.6) is 5.75 Å². The first-order chi connectivity index (χ1) is 14.4. The lowest BCUT2D eigenvalue weighted by Gasteiger charge is -2.09. The maximum Gasteiger partial charge on any atom is 0.255 e. The van der Waals surface area contributed by atoms with E-state index in [0.717, 1.165) is 4.90 Å².